The number of fused-ring (bicyclic) bond motifs is 6. The molecule has 9 aliphatic heterocycles. The minimum absolute atomic E-state index is 0. The third-order valence-corrected chi connectivity index (χ3v) is 22.4. The van der Waals surface area contributed by atoms with E-state index in [1.54, 1.807) is 0 Å². The van der Waals surface area contributed by atoms with Crippen molar-refractivity contribution in [3.05, 3.63) is 60.7 Å². The number of carbonyl (C=O) groups excluding carboxylic acids is 3. The fourth-order valence-corrected chi connectivity index (χ4v) is 19.4. The van der Waals surface area contributed by atoms with Crippen LogP contribution in [0.5, 0.6) is 0 Å². The van der Waals surface area contributed by atoms with Crippen LogP contribution in [-0.2, 0) is 18.6 Å². The van der Waals surface area contributed by atoms with E-state index in [1.165, 1.54) is 10.4 Å². The van der Waals surface area contributed by atoms with Gasteiger partial charge in [-0.05, 0) is 165 Å². The van der Waals surface area contributed by atoms with E-state index in [0.29, 0.717) is 54.0 Å². The molecule has 3 amide bonds. The molecule has 72 heavy (non-hydrogen) atoms. The maximum Gasteiger partial charge on any atom is 0.410 e. The van der Waals surface area contributed by atoms with Crippen LogP contribution in [0.3, 0.4) is 0 Å². The molecule has 0 saturated carbocycles. The van der Waals surface area contributed by atoms with Gasteiger partial charge in [-0.25, -0.2) is 14.4 Å². The first-order chi connectivity index (χ1) is 33.2. The molecule has 9 bridgehead atoms. The molecular formula is C58H92N6O7Si. The normalized spacial score (nSPS) is 34.9. The zero-order chi connectivity index (χ0) is 51.2. The number of rotatable bonds is 4. The van der Waals surface area contributed by atoms with Gasteiger partial charge in [0.2, 0.25) is 0 Å². The van der Waals surface area contributed by atoms with Crippen molar-refractivity contribution in [3.63, 3.8) is 0 Å². The highest BCUT2D eigenvalue weighted by molar-refractivity contribution is 6.99. The summed E-state index contributed by atoms with van der Waals surface area (Å²) in [6.45, 7) is 32.2. The first-order valence-electron chi connectivity index (χ1n) is 27.3. The van der Waals surface area contributed by atoms with Crippen molar-refractivity contribution in [1.29, 1.82) is 0 Å². The number of hydrogen-bond donors (Lipinski definition) is 3. The lowest BCUT2D eigenvalue weighted by atomic mass is 9.88. The fraction of sp³-hybridized carbons (Fsp3) is 0.741. The van der Waals surface area contributed by atoms with E-state index in [2.05, 4.69) is 111 Å². The Morgan fingerprint density at radius 3 is 1.12 bits per heavy atom. The second kappa shape index (κ2) is 20.1. The van der Waals surface area contributed by atoms with E-state index < -0.39 is 25.1 Å². The van der Waals surface area contributed by atoms with Crippen LogP contribution in [0, 0.1) is 29.6 Å². The summed E-state index contributed by atoms with van der Waals surface area (Å²) in [4.78, 5) is 44.3. The van der Waals surface area contributed by atoms with Crippen molar-refractivity contribution in [2.75, 3.05) is 19.6 Å². The molecule has 9 aliphatic rings. The van der Waals surface area contributed by atoms with Crippen LogP contribution in [-0.4, -0.2) is 138 Å². The van der Waals surface area contributed by atoms with Gasteiger partial charge in [0.05, 0.1) is 36.3 Å². The highest BCUT2D eigenvalue weighted by Gasteiger charge is 2.63. The Hall–Kier alpha value is -3.69. The van der Waals surface area contributed by atoms with E-state index in [0.717, 1.165) is 70.0 Å². The molecule has 400 valence electrons. The molecule has 14 heteroatoms. The summed E-state index contributed by atoms with van der Waals surface area (Å²) in [5.41, 5.74) is -1.32. The number of ether oxygens (including phenoxy) is 3. The van der Waals surface area contributed by atoms with E-state index >= 15 is 0 Å². The minimum Gasteiger partial charge on any atom is -0.444 e. The van der Waals surface area contributed by atoms with Crippen LogP contribution < -0.4 is 26.3 Å². The molecule has 0 radical (unpaired) electrons. The quantitative estimate of drug-likeness (QED) is 0.202. The molecule has 11 rings (SSSR count). The fourth-order valence-electron chi connectivity index (χ4n) is 14.7. The average molecular weight is 1010 g/mol. The molecule has 3 N–H and O–H groups in total. The van der Waals surface area contributed by atoms with Crippen molar-refractivity contribution in [1.82, 2.24) is 30.7 Å². The maximum atomic E-state index is 13.4. The van der Waals surface area contributed by atoms with Gasteiger partial charge >= 0.3 is 18.3 Å². The van der Waals surface area contributed by atoms with Gasteiger partial charge in [0.25, 0.3) is 8.32 Å². The van der Waals surface area contributed by atoms with Crippen LogP contribution in [0.1, 0.15) is 143 Å². The Labute approximate surface area is 434 Å². The van der Waals surface area contributed by atoms with Crippen molar-refractivity contribution in [3.8, 4) is 0 Å². The summed E-state index contributed by atoms with van der Waals surface area (Å²) in [6, 6.07) is 24.3. The second-order valence-electron chi connectivity index (χ2n) is 26.8. The molecule has 9 saturated heterocycles. The SMILES string of the molecule is C.CC(C)(C)OC(=O)N1C2CC3CNC2[C@@H](O[Si](c2ccccc2)(c2ccccc2)C(C)(C)C)C1C3.C[C@@H]1[C@H]2NC[C@@H]3C[C@H]2N(C(=O)OC(C)(C)C)[C@H]1C3.C[C@H]1[C@H]2NC[C@@H]3C[C@H]1N(C(=O)OC(C)(C)C)[C@H]2C3. The summed E-state index contributed by atoms with van der Waals surface area (Å²) in [6.07, 6.45) is 6.05. The Balaban J connectivity index is 0.000000158. The number of nitrogens with one attached hydrogen (secondary N) is 3. The molecule has 2 aromatic carbocycles. The summed E-state index contributed by atoms with van der Waals surface area (Å²) in [5, 5.41) is 13.5. The Kier molecular flexibility index (Phi) is 15.2. The van der Waals surface area contributed by atoms with Crippen molar-refractivity contribution in [2.45, 2.75) is 225 Å². The van der Waals surface area contributed by atoms with Gasteiger partial charge in [0, 0.05) is 24.2 Å². The summed E-state index contributed by atoms with van der Waals surface area (Å²) in [5.74, 6) is 3.18. The van der Waals surface area contributed by atoms with Gasteiger partial charge in [0.1, 0.15) is 16.8 Å². The lowest BCUT2D eigenvalue weighted by molar-refractivity contribution is -0.00735. The molecular weight excluding hydrogens is 921 g/mol. The summed E-state index contributed by atoms with van der Waals surface area (Å²) in [7, 11) is -2.74. The minimum atomic E-state index is -2.74. The Morgan fingerprint density at radius 2 is 0.778 bits per heavy atom. The topological polar surface area (TPSA) is 134 Å². The number of carbonyl (C=O) groups is 3. The largest absolute Gasteiger partial charge is 0.444 e. The molecule has 4 unspecified atom stereocenters. The highest BCUT2D eigenvalue weighted by Crippen LogP contribution is 2.49. The molecule has 0 spiro atoms. The van der Waals surface area contributed by atoms with Crippen LogP contribution in [0.2, 0.25) is 5.04 Å². The van der Waals surface area contributed by atoms with E-state index in [9.17, 15) is 14.4 Å². The lowest BCUT2D eigenvalue weighted by Crippen LogP contribution is -2.69. The smallest absolute Gasteiger partial charge is 0.410 e. The van der Waals surface area contributed by atoms with Gasteiger partial charge in [-0.3, -0.25) is 4.90 Å². The predicted octanol–water partition coefficient (Wildman–Crippen LogP) is 8.92. The van der Waals surface area contributed by atoms with E-state index in [1.807, 2.05) is 77.0 Å². The van der Waals surface area contributed by atoms with Crippen molar-refractivity contribution >= 4 is 37.0 Å². The van der Waals surface area contributed by atoms with Crippen LogP contribution in [0.4, 0.5) is 14.4 Å². The zero-order valence-corrected chi connectivity index (χ0v) is 46.5. The van der Waals surface area contributed by atoms with Gasteiger partial charge in [-0.1, -0.05) is 103 Å². The van der Waals surface area contributed by atoms with Crippen molar-refractivity contribution in [2.24, 2.45) is 29.6 Å². The van der Waals surface area contributed by atoms with Crippen LogP contribution in [0.25, 0.3) is 0 Å². The number of benzene rings is 2. The standard InChI is InChI=1S/C29H40N2O3Si.2C14H24N2O2.CH4/c1-28(2,3)33-27(32)31-23-17-20-18-24(31)26(25(23)30-19-20)34-35(29(4,5)6,21-13-9-7-10-14-21)22-15-11-8-12-16-22;2*1-8-10-5-9-6-11(12(8)15-7-9)16(10)13(17)18-14(2,3)4;/h7-16,20,23-26,30H,17-19H2,1-6H3;2*8-12,15H,5-7H2,1-4H3;1H4/t20?,23?,24?,25?,26-;8-,9-,10-,11+,12+;8-,9-,10-,11+,12-;/m001./s1. The summed E-state index contributed by atoms with van der Waals surface area (Å²) < 4.78 is 24.7. The van der Waals surface area contributed by atoms with Crippen LogP contribution in [0.15, 0.2) is 60.7 Å². The molecule has 15 atom stereocenters. The van der Waals surface area contributed by atoms with E-state index in [-0.39, 0.29) is 55.0 Å². The van der Waals surface area contributed by atoms with Gasteiger partial charge in [-0.15, -0.1) is 0 Å². The van der Waals surface area contributed by atoms with E-state index in [4.69, 9.17) is 18.6 Å². The number of piperidine rings is 6. The zero-order valence-electron chi connectivity index (χ0n) is 45.5. The number of hydrogen-bond acceptors (Lipinski definition) is 10. The predicted molar refractivity (Wildman–Crippen MR) is 288 cm³/mol. The maximum absolute atomic E-state index is 13.4. The monoisotopic (exact) mass is 1010 g/mol. The molecule has 9 fully saturated rings. The van der Waals surface area contributed by atoms with Gasteiger partial charge in [-0.2, -0.15) is 0 Å². The molecule has 13 nitrogen and oxygen atoms in total. The van der Waals surface area contributed by atoms with Gasteiger partial charge in [0.15, 0.2) is 0 Å². The molecule has 0 aromatic heterocycles. The Morgan fingerprint density at radius 1 is 0.472 bits per heavy atom. The van der Waals surface area contributed by atoms with Gasteiger partial charge < -0.3 is 44.4 Å². The number of amides is 3. The third kappa shape index (κ3) is 10.5. The lowest BCUT2D eigenvalue weighted by Gasteiger charge is -2.46. The first-order valence-corrected chi connectivity index (χ1v) is 29.2. The molecule has 2 aromatic rings. The van der Waals surface area contributed by atoms with Crippen LogP contribution >= 0.6 is 0 Å². The number of nitrogens with zero attached hydrogens (tertiary/aromatic N) is 3. The Bertz CT molecular complexity index is 2110. The average Bonchev–Trinajstić information content (AvgIpc) is 3.46. The molecule has 0 aliphatic carbocycles. The second-order valence-corrected chi connectivity index (χ2v) is 31.1. The van der Waals surface area contributed by atoms with Crippen molar-refractivity contribution < 1.29 is 33.0 Å². The molecule has 9 heterocycles. The first kappa shape index (κ1) is 54.6. The highest BCUT2D eigenvalue weighted by atomic mass is 28.4. The third-order valence-electron chi connectivity index (χ3n) is 17.4. The summed E-state index contributed by atoms with van der Waals surface area (Å²) >= 11 is 0.